The van der Waals surface area contributed by atoms with E-state index >= 15 is 0 Å². The molecule has 1 N–H and O–H groups in total. The molecule has 0 aliphatic heterocycles. The Labute approximate surface area is 73.7 Å². The summed E-state index contributed by atoms with van der Waals surface area (Å²) in [6.07, 6.45) is 0. The molecule has 0 radical (unpaired) electrons. The van der Waals surface area contributed by atoms with Crippen molar-refractivity contribution in [3.8, 4) is 0 Å². The molecule has 0 atom stereocenters. The minimum Gasteiger partial charge on any atom is -0.316 e. The smallest absolute Gasteiger partial charge is 0.123 e. The van der Waals surface area contributed by atoms with Crippen LogP contribution in [-0.4, -0.2) is 7.05 Å². The fourth-order valence-corrected chi connectivity index (χ4v) is 1.26. The summed E-state index contributed by atoms with van der Waals surface area (Å²) in [7, 11) is 1.83. The van der Waals surface area contributed by atoms with E-state index in [1.165, 1.54) is 12.1 Å². The molecule has 0 saturated carbocycles. The van der Waals surface area contributed by atoms with E-state index in [2.05, 4.69) is 21.2 Å². The molecule has 0 aliphatic rings. The second-order valence-corrected chi connectivity index (χ2v) is 3.12. The Bertz CT molecular complexity index is 250. The van der Waals surface area contributed by atoms with Gasteiger partial charge in [-0.1, -0.05) is 15.9 Å². The molecular formula is C8H9BrFN. The van der Waals surface area contributed by atoms with Crippen LogP contribution in [0.25, 0.3) is 0 Å². The maximum atomic E-state index is 12.6. The normalized spacial score (nSPS) is 10.1. The van der Waals surface area contributed by atoms with E-state index in [9.17, 15) is 4.39 Å². The lowest BCUT2D eigenvalue weighted by Gasteiger charge is -2.02. The van der Waals surface area contributed by atoms with Crippen LogP contribution in [0.4, 0.5) is 4.39 Å². The van der Waals surface area contributed by atoms with Gasteiger partial charge in [0.2, 0.25) is 0 Å². The van der Waals surface area contributed by atoms with Crippen LogP contribution in [0.15, 0.2) is 22.7 Å². The molecule has 0 heterocycles. The molecule has 1 aromatic carbocycles. The van der Waals surface area contributed by atoms with Gasteiger partial charge in [0.25, 0.3) is 0 Å². The number of nitrogens with one attached hydrogen (secondary N) is 1. The van der Waals surface area contributed by atoms with Crippen LogP contribution in [-0.2, 0) is 6.54 Å². The molecule has 1 nitrogen and oxygen atoms in total. The first-order valence-corrected chi connectivity index (χ1v) is 4.12. The topological polar surface area (TPSA) is 12.0 Å². The van der Waals surface area contributed by atoms with Gasteiger partial charge in [-0.05, 0) is 30.8 Å². The van der Waals surface area contributed by atoms with Gasteiger partial charge in [-0.2, -0.15) is 0 Å². The van der Waals surface area contributed by atoms with E-state index in [-0.39, 0.29) is 5.82 Å². The number of benzene rings is 1. The first-order valence-electron chi connectivity index (χ1n) is 3.32. The molecular weight excluding hydrogens is 209 g/mol. The maximum Gasteiger partial charge on any atom is 0.123 e. The van der Waals surface area contributed by atoms with E-state index in [0.717, 1.165) is 10.0 Å². The predicted octanol–water partition coefficient (Wildman–Crippen LogP) is 2.31. The fourth-order valence-electron chi connectivity index (χ4n) is 0.869. The summed E-state index contributed by atoms with van der Waals surface area (Å²) in [6.45, 7) is 0.679. The third kappa shape index (κ3) is 2.27. The van der Waals surface area contributed by atoms with Crippen molar-refractivity contribution in [1.82, 2.24) is 5.32 Å². The summed E-state index contributed by atoms with van der Waals surface area (Å²) >= 11 is 3.32. The van der Waals surface area contributed by atoms with Crippen molar-refractivity contribution >= 4 is 15.9 Å². The lowest BCUT2D eigenvalue weighted by atomic mass is 10.2. The number of halogens is 2. The average Bonchev–Trinajstić information content (AvgIpc) is 1.98. The van der Waals surface area contributed by atoms with Crippen LogP contribution in [0.3, 0.4) is 0 Å². The van der Waals surface area contributed by atoms with E-state index in [0.29, 0.717) is 6.54 Å². The van der Waals surface area contributed by atoms with E-state index in [4.69, 9.17) is 0 Å². The Kier molecular flexibility index (Phi) is 3.02. The quantitative estimate of drug-likeness (QED) is 0.803. The molecule has 0 spiro atoms. The molecule has 3 heteroatoms. The van der Waals surface area contributed by atoms with Crippen LogP contribution in [0, 0.1) is 5.82 Å². The second kappa shape index (κ2) is 3.83. The standard InChI is InChI=1S/C8H9BrFN/c1-11-5-6-4-7(10)2-3-8(6)9/h2-4,11H,5H2,1H3. The monoisotopic (exact) mass is 217 g/mol. The largest absolute Gasteiger partial charge is 0.316 e. The Hall–Kier alpha value is -0.410. The molecule has 0 fully saturated rings. The third-order valence-electron chi connectivity index (χ3n) is 1.37. The molecule has 60 valence electrons. The Balaban J connectivity index is 2.93. The lowest BCUT2D eigenvalue weighted by Crippen LogP contribution is -2.05. The Morgan fingerprint density at radius 1 is 1.55 bits per heavy atom. The lowest BCUT2D eigenvalue weighted by molar-refractivity contribution is 0.623. The van der Waals surface area contributed by atoms with Crippen LogP contribution in [0.1, 0.15) is 5.56 Å². The molecule has 0 amide bonds. The zero-order valence-corrected chi connectivity index (χ0v) is 7.78. The fraction of sp³-hybridized carbons (Fsp3) is 0.250. The first-order chi connectivity index (χ1) is 5.24. The van der Waals surface area contributed by atoms with E-state index in [1.54, 1.807) is 6.07 Å². The number of hydrogen-bond donors (Lipinski definition) is 1. The molecule has 0 saturated heterocycles. The highest BCUT2D eigenvalue weighted by atomic mass is 79.9. The van der Waals surface area contributed by atoms with Crippen LogP contribution in [0.5, 0.6) is 0 Å². The minimum atomic E-state index is -0.196. The van der Waals surface area contributed by atoms with Gasteiger partial charge in [0.15, 0.2) is 0 Å². The van der Waals surface area contributed by atoms with E-state index < -0.39 is 0 Å². The van der Waals surface area contributed by atoms with E-state index in [1.807, 2.05) is 7.05 Å². The number of hydrogen-bond acceptors (Lipinski definition) is 1. The highest BCUT2D eigenvalue weighted by Crippen LogP contribution is 2.17. The van der Waals surface area contributed by atoms with Gasteiger partial charge in [0.1, 0.15) is 5.82 Å². The SMILES string of the molecule is CNCc1cc(F)ccc1Br. The average molecular weight is 218 g/mol. The summed E-state index contributed by atoms with van der Waals surface area (Å²) in [4.78, 5) is 0. The Morgan fingerprint density at radius 2 is 2.27 bits per heavy atom. The summed E-state index contributed by atoms with van der Waals surface area (Å²) in [5.41, 5.74) is 0.938. The van der Waals surface area contributed by atoms with Gasteiger partial charge in [0, 0.05) is 11.0 Å². The van der Waals surface area contributed by atoms with Gasteiger partial charge in [-0.15, -0.1) is 0 Å². The van der Waals surface area contributed by atoms with Crippen LogP contribution in [0.2, 0.25) is 0 Å². The molecule has 0 unspecified atom stereocenters. The molecule has 0 aromatic heterocycles. The van der Waals surface area contributed by atoms with Gasteiger partial charge < -0.3 is 5.32 Å². The van der Waals surface area contributed by atoms with Crippen molar-refractivity contribution in [3.63, 3.8) is 0 Å². The first kappa shape index (κ1) is 8.68. The van der Waals surface area contributed by atoms with Gasteiger partial charge >= 0.3 is 0 Å². The summed E-state index contributed by atoms with van der Waals surface area (Å²) in [5, 5.41) is 2.96. The van der Waals surface area contributed by atoms with Crippen molar-refractivity contribution in [2.75, 3.05) is 7.05 Å². The van der Waals surface area contributed by atoms with Gasteiger partial charge in [-0.25, -0.2) is 4.39 Å². The summed E-state index contributed by atoms with van der Waals surface area (Å²) < 4.78 is 13.6. The molecule has 11 heavy (non-hydrogen) atoms. The summed E-state index contributed by atoms with van der Waals surface area (Å²) in [5.74, 6) is -0.196. The zero-order valence-electron chi connectivity index (χ0n) is 6.20. The van der Waals surface area contributed by atoms with Crippen LogP contribution >= 0.6 is 15.9 Å². The highest BCUT2D eigenvalue weighted by Gasteiger charge is 1.98. The molecule has 1 aromatic rings. The molecule has 0 aliphatic carbocycles. The third-order valence-corrected chi connectivity index (χ3v) is 2.15. The molecule has 0 bridgehead atoms. The van der Waals surface area contributed by atoms with Crippen molar-refractivity contribution in [2.24, 2.45) is 0 Å². The maximum absolute atomic E-state index is 12.6. The van der Waals surface area contributed by atoms with Crippen molar-refractivity contribution in [1.29, 1.82) is 0 Å². The molecule has 1 rings (SSSR count). The van der Waals surface area contributed by atoms with Gasteiger partial charge in [-0.3, -0.25) is 0 Å². The predicted molar refractivity (Wildman–Crippen MR) is 46.9 cm³/mol. The summed E-state index contributed by atoms with van der Waals surface area (Å²) in [6, 6.07) is 4.66. The highest BCUT2D eigenvalue weighted by molar-refractivity contribution is 9.10. The number of rotatable bonds is 2. The Morgan fingerprint density at radius 3 is 2.91 bits per heavy atom. The second-order valence-electron chi connectivity index (χ2n) is 2.27. The minimum absolute atomic E-state index is 0.196. The van der Waals surface area contributed by atoms with Crippen molar-refractivity contribution in [3.05, 3.63) is 34.1 Å². The van der Waals surface area contributed by atoms with Crippen molar-refractivity contribution in [2.45, 2.75) is 6.54 Å². The van der Waals surface area contributed by atoms with Crippen molar-refractivity contribution < 1.29 is 4.39 Å². The zero-order chi connectivity index (χ0) is 8.27. The van der Waals surface area contributed by atoms with Gasteiger partial charge in [0.05, 0.1) is 0 Å². The van der Waals surface area contributed by atoms with Crippen LogP contribution < -0.4 is 5.32 Å².